The van der Waals surface area contributed by atoms with Crippen molar-refractivity contribution >= 4 is 20.9 Å². The number of carbonyl (C=O) groups excluding carboxylic acids is 1. The molecule has 1 aromatic heterocycles. The number of pyridine rings is 1. The van der Waals surface area contributed by atoms with Gasteiger partial charge in [0, 0.05) is 49.1 Å². The van der Waals surface area contributed by atoms with Crippen molar-refractivity contribution in [2.45, 2.75) is 102 Å². The Morgan fingerprint density at radius 1 is 1.21 bits per heavy atom. The zero-order chi connectivity index (χ0) is 28.1. The van der Waals surface area contributed by atoms with Gasteiger partial charge in [-0.3, -0.25) is 14.8 Å². The fourth-order valence-corrected chi connectivity index (χ4v) is 7.21. The number of nitrogens with zero attached hydrogens (tertiary/aromatic N) is 4. The molecule has 5 aliphatic rings. The second-order valence-corrected chi connectivity index (χ2v) is 13.8. The molecule has 0 bridgehead atoms. The molecule has 5 fully saturated rings. The van der Waals surface area contributed by atoms with Crippen LogP contribution in [0.2, 0.25) is 0 Å². The number of aliphatic hydroxyl groups is 1. The van der Waals surface area contributed by atoms with Crippen molar-refractivity contribution in [1.29, 1.82) is 0 Å². The maximum atomic E-state index is 13.1. The molecule has 2 atom stereocenters. The van der Waals surface area contributed by atoms with Gasteiger partial charge >= 0.3 is 0 Å². The number of hydrazone groups is 1. The van der Waals surface area contributed by atoms with Crippen LogP contribution in [0.3, 0.4) is 0 Å². The predicted octanol–water partition coefficient (Wildman–Crippen LogP) is 5.86. The molecule has 9 heteroatoms. The van der Waals surface area contributed by atoms with Crippen LogP contribution in [-0.2, 0) is 16.9 Å². The summed E-state index contributed by atoms with van der Waals surface area (Å²) in [5.74, 6) is 0.702. The zero-order valence-electron chi connectivity index (χ0n) is 23.3. The molecule has 2 spiro atoms. The summed E-state index contributed by atoms with van der Waals surface area (Å²) in [7, 11) is 1.54. The Bertz CT molecular complexity index is 1100. The summed E-state index contributed by atoms with van der Waals surface area (Å²) in [6.45, 7) is 9.16. The van der Waals surface area contributed by atoms with Crippen LogP contribution in [0.4, 0.5) is 8.78 Å². The third-order valence-electron chi connectivity index (χ3n) is 9.99. The highest BCUT2D eigenvalue weighted by Crippen LogP contribution is 2.57. The number of aromatic nitrogens is 1. The molecule has 4 saturated carbocycles. The molecule has 2 unspecified atom stereocenters. The smallest absolute Gasteiger partial charge is 0.285 e. The van der Waals surface area contributed by atoms with Crippen molar-refractivity contribution < 1.29 is 18.7 Å². The zero-order valence-corrected chi connectivity index (χ0v) is 24.5. The van der Waals surface area contributed by atoms with Crippen LogP contribution in [0, 0.1) is 16.7 Å². The van der Waals surface area contributed by atoms with Crippen molar-refractivity contribution in [3.63, 3.8) is 0 Å². The Hall–Kier alpha value is -1.92. The molecule has 2 heterocycles. The van der Waals surface area contributed by atoms with Crippen LogP contribution < -0.4 is 0 Å². The van der Waals surface area contributed by atoms with Crippen molar-refractivity contribution in [1.82, 2.24) is 14.9 Å². The van der Waals surface area contributed by atoms with E-state index >= 15 is 0 Å². The molecule has 1 saturated heterocycles. The van der Waals surface area contributed by atoms with Gasteiger partial charge in [-0.05, 0) is 94.6 Å². The van der Waals surface area contributed by atoms with E-state index < -0.39 is 11.3 Å². The molecule has 6 nitrogen and oxygen atoms in total. The van der Waals surface area contributed by atoms with E-state index in [1.165, 1.54) is 53.6 Å². The Morgan fingerprint density at radius 2 is 1.90 bits per heavy atom. The highest BCUT2D eigenvalue weighted by atomic mass is 31.0. The second-order valence-electron chi connectivity index (χ2n) is 13.0. The van der Waals surface area contributed by atoms with Gasteiger partial charge in [0.25, 0.3) is 5.66 Å². The minimum Gasteiger partial charge on any atom is -0.384 e. The molecule has 214 valence electrons. The summed E-state index contributed by atoms with van der Waals surface area (Å²) < 4.78 is 26.3. The molecular formula is C30H43F2N4O2P. The van der Waals surface area contributed by atoms with Gasteiger partial charge in [-0.25, -0.2) is 0 Å². The van der Waals surface area contributed by atoms with E-state index in [2.05, 4.69) is 16.7 Å². The molecule has 6 rings (SSSR count). The van der Waals surface area contributed by atoms with Gasteiger partial charge < -0.3 is 10.0 Å². The topological polar surface area (TPSA) is 69.0 Å². The normalized spacial score (nSPS) is 26.2. The number of halogens is 2. The number of amides is 1. The highest BCUT2D eigenvalue weighted by molar-refractivity contribution is 7.17. The lowest BCUT2D eigenvalue weighted by atomic mass is 9.54. The summed E-state index contributed by atoms with van der Waals surface area (Å²) in [6.07, 6.45) is 15.8. The van der Waals surface area contributed by atoms with E-state index in [1.54, 1.807) is 13.0 Å². The fraction of sp³-hybridized carbons (Fsp3) is 0.700. The second kappa shape index (κ2) is 10.5. The Kier molecular flexibility index (Phi) is 7.69. The third-order valence-corrected chi connectivity index (χ3v) is 10.3. The molecule has 39 heavy (non-hydrogen) atoms. The maximum Gasteiger partial charge on any atom is 0.285 e. The molecule has 1 aliphatic heterocycles. The average molecular weight is 561 g/mol. The predicted molar refractivity (Wildman–Crippen MR) is 152 cm³/mol. The van der Waals surface area contributed by atoms with Crippen LogP contribution in [0.5, 0.6) is 0 Å². The first-order valence-electron chi connectivity index (χ1n) is 14.4. The highest BCUT2D eigenvalue weighted by Gasteiger charge is 2.51. The number of hydrogen-bond acceptors (Lipinski definition) is 5. The van der Waals surface area contributed by atoms with E-state index in [0.29, 0.717) is 22.8 Å². The largest absolute Gasteiger partial charge is 0.384 e. The lowest BCUT2D eigenvalue weighted by Gasteiger charge is -2.55. The van der Waals surface area contributed by atoms with Gasteiger partial charge in [0.2, 0.25) is 5.91 Å². The molecule has 1 N–H and O–H groups in total. The first-order chi connectivity index (χ1) is 18.3. The van der Waals surface area contributed by atoms with Gasteiger partial charge in [0.1, 0.15) is 5.60 Å². The first-order valence-corrected chi connectivity index (χ1v) is 15.0. The molecule has 0 aromatic carbocycles. The van der Waals surface area contributed by atoms with Gasteiger partial charge in [0.05, 0.1) is 11.8 Å². The molecule has 1 amide bonds. The van der Waals surface area contributed by atoms with Crippen molar-refractivity contribution in [2.24, 2.45) is 21.8 Å². The lowest BCUT2D eigenvalue weighted by Crippen LogP contribution is -2.56. The van der Waals surface area contributed by atoms with Gasteiger partial charge in [-0.1, -0.05) is 22.2 Å². The summed E-state index contributed by atoms with van der Waals surface area (Å²) >= 11 is 0. The number of carbonyl (C=O) groups is 1. The molecule has 0 radical (unpaired) electrons. The number of alkyl halides is 2. The quantitative estimate of drug-likeness (QED) is 0.258. The van der Waals surface area contributed by atoms with E-state index in [9.17, 15) is 18.7 Å². The lowest BCUT2D eigenvalue weighted by molar-refractivity contribution is -0.140. The summed E-state index contributed by atoms with van der Waals surface area (Å²) in [4.78, 5) is 17.4. The Labute approximate surface area is 233 Å². The minimum atomic E-state index is -2.91. The van der Waals surface area contributed by atoms with E-state index in [-0.39, 0.29) is 11.5 Å². The van der Waals surface area contributed by atoms with Crippen LogP contribution >= 0.6 is 9.24 Å². The van der Waals surface area contributed by atoms with Crippen LogP contribution in [0.15, 0.2) is 36.2 Å². The molecule has 1 aromatic rings. The number of rotatable bonds is 7. The fourth-order valence-electron chi connectivity index (χ4n) is 7.04. The Morgan fingerprint density at radius 3 is 2.38 bits per heavy atom. The van der Waals surface area contributed by atoms with Crippen molar-refractivity contribution in [3.8, 4) is 0 Å². The van der Waals surface area contributed by atoms with E-state index in [0.717, 1.165) is 63.0 Å². The number of likely N-dealkylation sites (tertiary alicyclic amines) is 1. The van der Waals surface area contributed by atoms with Gasteiger partial charge in [0.15, 0.2) is 0 Å². The van der Waals surface area contributed by atoms with E-state index in [1.807, 2.05) is 23.0 Å². The Balaban J connectivity index is 0.000000163. The standard InChI is InChI=1S/C16H21F2N2OP.C14H22N2O/c1-11(21)20-9-15(10-20)5-4-12(7-15)6-14-3-2-13(8-19-14)16(17,18)22;1-3-16(15-11(2)14(17)7-8-14)12-9-13(10-12)5-4-6-13/h2-3,8,12H,4-7,9-10,22H2,1H3;3,12,17H,1,4-10H2,2H3/b;15-11+. The van der Waals surface area contributed by atoms with Crippen molar-refractivity contribution in [3.05, 3.63) is 42.4 Å². The van der Waals surface area contributed by atoms with Crippen molar-refractivity contribution in [2.75, 3.05) is 13.1 Å². The molecular weight excluding hydrogens is 517 g/mol. The van der Waals surface area contributed by atoms with Crippen LogP contribution in [-0.4, -0.2) is 56.4 Å². The summed E-state index contributed by atoms with van der Waals surface area (Å²) in [6, 6.07) is 3.69. The van der Waals surface area contributed by atoms with Crippen LogP contribution in [0.1, 0.15) is 89.3 Å². The van der Waals surface area contributed by atoms with Gasteiger partial charge in [-0.15, -0.1) is 0 Å². The summed E-state index contributed by atoms with van der Waals surface area (Å²) in [5, 5.41) is 16.5. The van der Waals surface area contributed by atoms with Gasteiger partial charge in [-0.2, -0.15) is 13.9 Å². The first kappa shape index (κ1) is 28.6. The SMILES string of the molecule is C=CN(/N=C(\C)C1(O)CC1)C1CC2(CCC2)C1.CC(=O)N1CC2(CCC(Cc3ccc(C(F)(F)P)cn3)C2)C1. The number of hydrogen-bond donors (Lipinski definition) is 1. The average Bonchev–Trinajstić information content (AvgIpc) is 3.41. The monoisotopic (exact) mass is 560 g/mol. The molecule has 4 aliphatic carbocycles. The third kappa shape index (κ3) is 6.22. The summed E-state index contributed by atoms with van der Waals surface area (Å²) in [5.41, 5.74) is -0.880. The van der Waals surface area contributed by atoms with E-state index in [4.69, 9.17) is 0 Å². The van der Waals surface area contributed by atoms with Crippen LogP contribution in [0.25, 0.3) is 0 Å². The maximum absolute atomic E-state index is 13.1. The minimum absolute atomic E-state index is 0.0692.